The lowest BCUT2D eigenvalue weighted by Crippen LogP contribution is -2.20. The highest BCUT2D eigenvalue weighted by atomic mass is 19.1. The normalized spacial score (nSPS) is 12.4. The van der Waals surface area contributed by atoms with Crippen molar-refractivity contribution in [3.05, 3.63) is 70.8 Å². The molecule has 1 unspecified atom stereocenters. The van der Waals surface area contributed by atoms with Gasteiger partial charge in [-0.15, -0.1) is 0 Å². The first-order valence-electron chi connectivity index (χ1n) is 6.87. The number of rotatable bonds is 5. The molecular weight excluding hydrogens is 256 g/mol. The van der Waals surface area contributed by atoms with Crippen molar-refractivity contribution in [3.8, 4) is 0 Å². The Bertz CT molecular complexity index is 581. The third kappa shape index (κ3) is 3.42. The lowest BCUT2D eigenvalue weighted by molar-refractivity contribution is 0.517. The number of nitrogens with one attached hydrogen (secondary N) is 1. The molecule has 106 valence electrons. The smallest absolute Gasteiger partial charge is 0.130 e. The van der Waals surface area contributed by atoms with E-state index in [1.807, 2.05) is 19.1 Å². The predicted molar refractivity (Wildman–Crippen MR) is 77.4 cm³/mol. The first-order valence-corrected chi connectivity index (χ1v) is 6.87. The average Bonchev–Trinajstić information content (AvgIpc) is 2.45. The highest BCUT2D eigenvalue weighted by molar-refractivity contribution is 5.27. The van der Waals surface area contributed by atoms with E-state index in [4.69, 9.17) is 0 Å². The van der Waals surface area contributed by atoms with Crippen molar-refractivity contribution < 1.29 is 8.78 Å². The second-order valence-corrected chi connectivity index (χ2v) is 4.89. The maximum atomic E-state index is 13.7. The van der Waals surface area contributed by atoms with Gasteiger partial charge in [-0.2, -0.15) is 0 Å². The Balaban J connectivity index is 2.06. The molecule has 1 N–H and O–H groups in total. The first-order chi connectivity index (χ1) is 9.61. The van der Waals surface area contributed by atoms with Crippen molar-refractivity contribution in [2.24, 2.45) is 0 Å². The molecule has 3 heteroatoms. The molecule has 0 radical (unpaired) electrons. The first kappa shape index (κ1) is 14.7. The SMILES string of the molecule is CCc1ccccc1CNC(C)c1ccc(F)cc1F. The van der Waals surface area contributed by atoms with Gasteiger partial charge in [0.2, 0.25) is 0 Å². The van der Waals surface area contributed by atoms with Crippen LogP contribution >= 0.6 is 0 Å². The maximum absolute atomic E-state index is 13.7. The van der Waals surface area contributed by atoms with Crippen molar-refractivity contribution in [3.63, 3.8) is 0 Å². The van der Waals surface area contributed by atoms with Crippen LogP contribution in [0.5, 0.6) is 0 Å². The van der Waals surface area contributed by atoms with Crippen LogP contribution in [0.15, 0.2) is 42.5 Å². The maximum Gasteiger partial charge on any atom is 0.130 e. The van der Waals surface area contributed by atoms with E-state index in [2.05, 4.69) is 24.4 Å². The Kier molecular flexibility index (Phi) is 4.85. The minimum atomic E-state index is -0.547. The van der Waals surface area contributed by atoms with Crippen molar-refractivity contribution in [1.29, 1.82) is 0 Å². The summed E-state index contributed by atoms with van der Waals surface area (Å²) in [5.74, 6) is -1.05. The van der Waals surface area contributed by atoms with Crippen LogP contribution in [-0.4, -0.2) is 0 Å². The minimum Gasteiger partial charge on any atom is -0.306 e. The van der Waals surface area contributed by atoms with Gasteiger partial charge >= 0.3 is 0 Å². The molecular formula is C17H19F2N. The number of benzene rings is 2. The lowest BCUT2D eigenvalue weighted by Gasteiger charge is -2.16. The Hall–Kier alpha value is -1.74. The fourth-order valence-corrected chi connectivity index (χ4v) is 2.30. The molecule has 0 amide bonds. The summed E-state index contributed by atoms with van der Waals surface area (Å²) < 4.78 is 26.6. The molecule has 1 atom stereocenters. The summed E-state index contributed by atoms with van der Waals surface area (Å²) in [5, 5.41) is 3.29. The molecule has 2 aromatic carbocycles. The number of hydrogen-bond acceptors (Lipinski definition) is 1. The zero-order valence-electron chi connectivity index (χ0n) is 11.8. The topological polar surface area (TPSA) is 12.0 Å². The van der Waals surface area contributed by atoms with Gasteiger partial charge < -0.3 is 5.32 Å². The van der Waals surface area contributed by atoms with Gasteiger partial charge in [0.1, 0.15) is 11.6 Å². The molecule has 0 saturated carbocycles. The molecule has 0 aliphatic rings. The van der Waals surface area contributed by atoms with Crippen LogP contribution < -0.4 is 5.32 Å². The highest BCUT2D eigenvalue weighted by Gasteiger charge is 2.11. The summed E-state index contributed by atoms with van der Waals surface area (Å²) in [6.45, 7) is 4.66. The van der Waals surface area contributed by atoms with E-state index in [1.165, 1.54) is 23.3 Å². The second-order valence-electron chi connectivity index (χ2n) is 4.89. The largest absolute Gasteiger partial charge is 0.306 e. The summed E-state index contributed by atoms with van der Waals surface area (Å²) >= 11 is 0. The van der Waals surface area contributed by atoms with E-state index >= 15 is 0 Å². The molecule has 0 saturated heterocycles. The highest BCUT2D eigenvalue weighted by Crippen LogP contribution is 2.19. The molecule has 20 heavy (non-hydrogen) atoms. The van der Waals surface area contributed by atoms with Crippen LogP contribution in [0.25, 0.3) is 0 Å². The monoisotopic (exact) mass is 275 g/mol. The molecule has 2 rings (SSSR count). The molecule has 0 aliphatic heterocycles. The van der Waals surface area contributed by atoms with Gasteiger partial charge in [0.25, 0.3) is 0 Å². The van der Waals surface area contributed by atoms with Crippen molar-refractivity contribution in [1.82, 2.24) is 5.32 Å². The van der Waals surface area contributed by atoms with Gasteiger partial charge in [0.05, 0.1) is 0 Å². The van der Waals surface area contributed by atoms with Gasteiger partial charge in [-0.3, -0.25) is 0 Å². The predicted octanol–water partition coefficient (Wildman–Crippen LogP) is 4.38. The number of halogens is 2. The van der Waals surface area contributed by atoms with E-state index in [1.54, 1.807) is 0 Å². The molecule has 0 aromatic heterocycles. The van der Waals surface area contributed by atoms with Gasteiger partial charge in [-0.1, -0.05) is 37.3 Å². The molecule has 2 aromatic rings. The van der Waals surface area contributed by atoms with Gasteiger partial charge in [0, 0.05) is 24.2 Å². The summed E-state index contributed by atoms with van der Waals surface area (Å²) in [6, 6.07) is 11.7. The van der Waals surface area contributed by atoms with Crippen molar-refractivity contribution >= 4 is 0 Å². The zero-order valence-corrected chi connectivity index (χ0v) is 11.8. The fraction of sp³-hybridized carbons (Fsp3) is 0.294. The standard InChI is InChI=1S/C17H19F2N/c1-3-13-6-4-5-7-14(13)11-20-12(2)16-9-8-15(18)10-17(16)19/h4-10,12,20H,3,11H2,1-2H3. The molecule has 0 bridgehead atoms. The molecule has 0 heterocycles. The third-order valence-electron chi connectivity index (χ3n) is 3.53. The van der Waals surface area contributed by atoms with E-state index < -0.39 is 11.6 Å². The fourth-order valence-electron chi connectivity index (χ4n) is 2.30. The third-order valence-corrected chi connectivity index (χ3v) is 3.53. The Labute approximate surface area is 118 Å². The van der Waals surface area contributed by atoms with E-state index in [-0.39, 0.29) is 6.04 Å². The minimum absolute atomic E-state index is 0.166. The van der Waals surface area contributed by atoms with Crippen LogP contribution in [0.3, 0.4) is 0 Å². The van der Waals surface area contributed by atoms with Crippen LogP contribution in [0, 0.1) is 11.6 Å². The summed E-state index contributed by atoms with van der Waals surface area (Å²) in [5.41, 5.74) is 2.98. The quantitative estimate of drug-likeness (QED) is 0.854. The van der Waals surface area contributed by atoms with Crippen LogP contribution in [0.1, 0.15) is 36.6 Å². The zero-order chi connectivity index (χ0) is 14.5. The van der Waals surface area contributed by atoms with Gasteiger partial charge in [-0.25, -0.2) is 8.78 Å². The summed E-state index contributed by atoms with van der Waals surface area (Å²) in [6.07, 6.45) is 0.969. The van der Waals surface area contributed by atoms with E-state index in [0.717, 1.165) is 12.5 Å². The van der Waals surface area contributed by atoms with E-state index in [9.17, 15) is 8.78 Å². The molecule has 0 spiro atoms. The Morgan fingerprint density at radius 3 is 2.40 bits per heavy atom. The molecule has 1 nitrogen and oxygen atoms in total. The second kappa shape index (κ2) is 6.62. The van der Waals surface area contributed by atoms with Gasteiger partial charge in [0.15, 0.2) is 0 Å². The number of hydrogen-bond donors (Lipinski definition) is 1. The van der Waals surface area contributed by atoms with Crippen LogP contribution in [0.4, 0.5) is 8.78 Å². The van der Waals surface area contributed by atoms with E-state index in [0.29, 0.717) is 12.1 Å². The average molecular weight is 275 g/mol. The molecule has 0 fully saturated rings. The Morgan fingerprint density at radius 1 is 1.05 bits per heavy atom. The van der Waals surface area contributed by atoms with Crippen molar-refractivity contribution in [2.45, 2.75) is 32.9 Å². The van der Waals surface area contributed by atoms with Gasteiger partial charge in [-0.05, 0) is 30.5 Å². The van der Waals surface area contributed by atoms with Crippen LogP contribution in [-0.2, 0) is 13.0 Å². The van der Waals surface area contributed by atoms with Crippen molar-refractivity contribution in [2.75, 3.05) is 0 Å². The Morgan fingerprint density at radius 2 is 1.75 bits per heavy atom. The molecule has 0 aliphatic carbocycles. The summed E-state index contributed by atoms with van der Waals surface area (Å²) in [4.78, 5) is 0. The number of aryl methyl sites for hydroxylation is 1. The lowest BCUT2D eigenvalue weighted by atomic mass is 10.0. The van der Waals surface area contributed by atoms with Crippen LogP contribution in [0.2, 0.25) is 0 Å². The summed E-state index contributed by atoms with van der Waals surface area (Å²) in [7, 11) is 0.